The molecule has 20 heavy (non-hydrogen) atoms. The number of hydrogen-bond donors (Lipinski definition) is 0. The van der Waals surface area contributed by atoms with E-state index in [1.807, 2.05) is 0 Å². The maximum atomic E-state index is 2.74. The summed E-state index contributed by atoms with van der Waals surface area (Å²) in [4.78, 5) is 0. The number of benzene rings is 3. The van der Waals surface area contributed by atoms with E-state index >= 15 is 0 Å². The van der Waals surface area contributed by atoms with Crippen LogP contribution in [0.4, 0.5) is 0 Å². The van der Waals surface area contributed by atoms with E-state index < -0.39 is 10.2 Å². The molecule has 0 fully saturated rings. The van der Waals surface area contributed by atoms with Crippen LogP contribution in [0.2, 0.25) is 0 Å². The van der Waals surface area contributed by atoms with Gasteiger partial charge in [-0.05, 0) is 0 Å². The van der Waals surface area contributed by atoms with Crippen LogP contribution in [0.15, 0.2) is 91.0 Å². The van der Waals surface area contributed by atoms with Gasteiger partial charge in [-0.2, -0.15) is 0 Å². The first-order valence-electron chi connectivity index (χ1n) is 6.57. The summed E-state index contributed by atoms with van der Waals surface area (Å²) >= 11 is 2.74. The van der Waals surface area contributed by atoms with Crippen LogP contribution in [-0.4, -0.2) is 10.2 Å². The zero-order valence-electron chi connectivity index (χ0n) is 11.0. The molecule has 3 aromatic carbocycles. The Morgan fingerprint density at radius 1 is 0.450 bits per heavy atom. The van der Waals surface area contributed by atoms with Crippen molar-refractivity contribution in [2.75, 3.05) is 0 Å². The van der Waals surface area contributed by atoms with Crippen molar-refractivity contribution in [3.63, 3.8) is 0 Å². The summed E-state index contributed by atoms with van der Waals surface area (Å²) in [6.07, 6.45) is 0. The van der Waals surface area contributed by atoms with Crippen LogP contribution in [0.25, 0.3) is 0 Å². The maximum absolute atomic E-state index is 2.74. The van der Waals surface area contributed by atoms with Crippen LogP contribution >= 0.6 is 20.1 Å². The first kappa shape index (κ1) is 13.9. The Balaban J connectivity index is 2.24. The fourth-order valence-electron chi connectivity index (χ4n) is 2.35. The molecule has 1 radical (unpaired) electrons. The van der Waals surface area contributed by atoms with Gasteiger partial charge >= 0.3 is 134 Å². The Hall–Kier alpha value is -1.05. The van der Waals surface area contributed by atoms with E-state index in [0.717, 1.165) is 0 Å². The van der Waals surface area contributed by atoms with Gasteiger partial charge in [-0.3, -0.25) is 0 Å². The van der Waals surface area contributed by atoms with Crippen molar-refractivity contribution in [2.24, 2.45) is 0 Å². The molecule has 2 heteroatoms. The van der Waals surface area contributed by atoms with Gasteiger partial charge < -0.3 is 0 Å². The molecule has 3 aromatic rings. The summed E-state index contributed by atoms with van der Waals surface area (Å²) in [5.74, 6) is 0. The molecular weight excluding hydrogens is 418 g/mol. The third-order valence-electron chi connectivity index (χ3n) is 3.34. The Labute approximate surface area is 133 Å². The molecule has 0 nitrogen and oxygen atoms in total. The van der Waals surface area contributed by atoms with Gasteiger partial charge in [0.15, 0.2) is 0 Å². The zero-order valence-corrected chi connectivity index (χ0v) is 15.0. The fraction of sp³-hybridized carbons (Fsp3) is 0. The van der Waals surface area contributed by atoms with Crippen molar-refractivity contribution in [3.05, 3.63) is 91.0 Å². The third-order valence-corrected chi connectivity index (χ3v) is 18.4. The Kier molecular flexibility index (Phi) is 4.28. The number of halogens is 1. The first-order valence-corrected chi connectivity index (χ1v) is 15.1. The van der Waals surface area contributed by atoms with Crippen molar-refractivity contribution in [2.45, 2.75) is 0 Å². The van der Waals surface area contributed by atoms with Crippen LogP contribution in [0.3, 0.4) is 0 Å². The summed E-state index contributed by atoms with van der Waals surface area (Å²) in [5, 5.41) is 0. The summed E-state index contributed by atoms with van der Waals surface area (Å²) in [6.45, 7) is 0. The molecule has 0 bridgehead atoms. The van der Waals surface area contributed by atoms with Crippen LogP contribution in [0.1, 0.15) is 0 Å². The van der Waals surface area contributed by atoms with Gasteiger partial charge in [-0.1, -0.05) is 0 Å². The molecule has 0 heterocycles. The Morgan fingerprint density at radius 3 is 0.950 bits per heavy atom. The molecule has 0 atom stereocenters. The second-order valence-corrected chi connectivity index (χ2v) is 17.8. The van der Waals surface area contributed by atoms with Crippen LogP contribution in [0, 0.1) is 0 Å². The molecule has 99 valence electrons. The number of rotatable bonds is 3. The summed E-state index contributed by atoms with van der Waals surface area (Å²) in [7, 11) is -2.32. The molecule has 0 saturated heterocycles. The SMILES string of the molecule is I[As](c1ccccc1)(c1ccccc1)c1ccccc1. The zero-order chi connectivity index (χ0) is 13.8. The normalized spacial score (nSPS) is 11.2. The Morgan fingerprint density at radius 2 is 0.700 bits per heavy atom. The standard InChI is InChI=1S/C18H15AsI/c20-19(16-10-4-1-5-11-16,17-12-6-2-7-13-17)18-14-8-3-9-15-18/h1-15H. The van der Waals surface area contributed by atoms with Gasteiger partial charge in [0.05, 0.1) is 0 Å². The van der Waals surface area contributed by atoms with Crippen molar-refractivity contribution in [3.8, 4) is 0 Å². The second-order valence-electron chi connectivity index (χ2n) is 4.60. The summed E-state index contributed by atoms with van der Waals surface area (Å²) < 4.78 is 4.43. The molecule has 0 unspecified atom stereocenters. The van der Waals surface area contributed by atoms with Gasteiger partial charge in [-0.25, -0.2) is 0 Å². The predicted octanol–water partition coefficient (Wildman–Crippen LogP) is 3.09. The van der Waals surface area contributed by atoms with Crippen molar-refractivity contribution in [1.29, 1.82) is 0 Å². The van der Waals surface area contributed by atoms with Gasteiger partial charge in [-0.15, -0.1) is 0 Å². The average Bonchev–Trinajstić information content (AvgIpc) is 2.56. The van der Waals surface area contributed by atoms with Gasteiger partial charge in [0.25, 0.3) is 0 Å². The van der Waals surface area contributed by atoms with E-state index in [2.05, 4.69) is 111 Å². The van der Waals surface area contributed by atoms with Crippen LogP contribution in [0.5, 0.6) is 0 Å². The molecule has 0 spiro atoms. The second kappa shape index (κ2) is 6.15. The monoisotopic (exact) mass is 433 g/mol. The minimum absolute atomic E-state index is 1.48. The molecule has 3 rings (SSSR count). The fourth-order valence-corrected chi connectivity index (χ4v) is 12.9. The van der Waals surface area contributed by atoms with E-state index in [9.17, 15) is 0 Å². The molecule has 0 aliphatic heterocycles. The average molecular weight is 433 g/mol. The van der Waals surface area contributed by atoms with Crippen LogP contribution in [-0.2, 0) is 0 Å². The van der Waals surface area contributed by atoms with E-state index in [1.54, 1.807) is 0 Å². The summed E-state index contributed by atoms with van der Waals surface area (Å²) in [6, 6.07) is 32.8. The van der Waals surface area contributed by atoms with E-state index in [-0.39, 0.29) is 0 Å². The van der Waals surface area contributed by atoms with Crippen molar-refractivity contribution >= 4 is 43.4 Å². The van der Waals surface area contributed by atoms with E-state index in [4.69, 9.17) is 0 Å². The van der Waals surface area contributed by atoms with Crippen LogP contribution < -0.4 is 13.1 Å². The topological polar surface area (TPSA) is 0 Å². The quantitative estimate of drug-likeness (QED) is 0.440. The molecule has 0 saturated carbocycles. The Bertz CT molecular complexity index is 569. The molecule has 0 aliphatic carbocycles. The van der Waals surface area contributed by atoms with Gasteiger partial charge in [0.1, 0.15) is 0 Å². The molecule has 0 amide bonds. The molecule has 0 aliphatic rings. The summed E-state index contributed by atoms with van der Waals surface area (Å²) in [5.41, 5.74) is 0. The predicted molar refractivity (Wildman–Crippen MR) is 98.0 cm³/mol. The third kappa shape index (κ3) is 2.57. The molecular formula is C18H15AsI. The van der Waals surface area contributed by atoms with Crippen molar-refractivity contribution < 1.29 is 0 Å². The van der Waals surface area contributed by atoms with E-state index in [1.165, 1.54) is 13.1 Å². The molecule has 0 aromatic heterocycles. The van der Waals surface area contributed by atoms with Gasteiger partial charge in [0, 0.05) is 0 Å². The van der Waals surface area contributed by atoms with Crippen molar-refractivity contribution in [1.82, 2.24) is 0 Å². The number of hydrogen-bond acceptors (Lipinski definition) is 0. The minimum atomic E-state index is -2.32. The van der Waals surface area contributed by atoms with E-state index in [0.29, 0.717) is 0 Å². The van der Waals surface area contributed by atoms with Gasteiger partial charge in [0.2, 0.25) is 0 Å². The first-order chi connectivity index (χ1) is 9.82. The molecule has 0 N–H and O–H groups in total.